The van der Waals surface area contributed by atoms with Crippen molar-refractivity contribution in [2.75, 3.05) is 6.54 Å². The smallest absolute Gasteiger partial charge is 0.387 e. The second kappa shape index (κ2) is 8.39. The van der Waals surface area contributed by atoms with Crippen LogP contribution in [0.5, 0.6) is 5.75 Å². The summed E-state index contributed by atoms with van der Waals surface area (Å²) < 4.78 is 30.0. The molecule has 0 spiro atoms. The van der Waals surface area contributed by atoms with Crippen molar-refractivity contribution in [1.82, 2.24) is 15.1 Å². The molecule has 6 nitrogen and oxygen atoms in total. The number of alkyl halides is 2. The monoisotopic (exact) mass is 339 g/mol. The average molecular weight is 339 g/mol. The maximum atomic E-state index is 12.1. The van der Waals surface area contributed by atoms with Crippen molar-refractivity contribution in [3.05, 3.63) is 47.8 Å². The first-order chi connectivity index (χ1) is 11.4. The third kappa shape index (κ3) is 5.62. The molecule has 1 heterocycles. The first kappa shape index (κ1) is 17.9. The number of carbonyl (C=O) groups is 1. The number of amides is 1. The van der Waals surface area contributed by atoms with Crippen molar-refractivity contribution in [2.24, 2.45) is 7.05 Å². The van der Waals surface area contributed by atoms with E-state index in [0.717, 1.165) is 5.56 Å². The van der Waals surface area contributed by atoms with Crippen LogP contribution in [-0.4, -0.2) is 34.0 Å². The Hall–Kier alpha value is -2.48. The van der Waals surface area contributed by atoms with Gasteiger partial charge >= 0.3 is 6.61 Å². The van der Waals surface area contributed by atoms with Crippen LogP contribution in [0.4, 0.5) is 8.78 Å². The number of aromatic nitrogens is 2. The van der Waals surface area contributed by atoms with E-state index in [1.54, 1.807) is 17.9 Å². The predicted octanol–water partition coefficient (Wildman–Crippen LogP) is 1.80. The highest BCUT2D eigenvalue weighted by Crippen LogP contribution is 2.19. The molecule has 0 aliphatic carbocycles. The van der Waals surface area contributed by atoms with E-state index >= 15 is 0 Å². The Balaban J connectivity index is 1.75. The van der Waals surface area contributed by atoms with Gasteiger partial charge in [0.2, 0.25) is 5.91 Å². The van der Waals surface area contributed by atoms with E-state index in [2.05, 4.69) is 15.2 Å². The number of carbonyl (C=O) groups excluding carboxylic acids is 1. The number of halogens is 2. The molecule has 0 radical (unpaired) electrons. The molecule has 0 unspecified atom stereocenters. The molecule has 0 saturated heterocycles. The number of nitrogens with zero attached hydrogens (tertiary/aromatic N) is 2. The Morgan fingerprint density at radius 1 is 1.38 bits per heavy atom. The van der Waals surface area contributed by atoms with Crippen LogP contribution < -0.4 is 10.1 Å². The number of rotatable bonds is 8. The molecule has 130 valence electrons. The highest BCUT2D eigenvalue weighted by Gasteiger charge is 2.11. The van der Waals surface area contributed by atoms with Crippen LogP contribution in [0.15, 0.2) is 36.7 Å². The molecule has 0 aliphatic heterocycles. The van der Waals surface area contributed by atoms with Crippen molar-refractivity contribution in [3.63, 3.8) is 0 Å². The van der Waals surface area contributed by atoms with Gasteiger partial charge in [0.1, 0.15) is 5.75 Å². The molecule has 8 heteroatoms. The molecular weight excluding hydrogens is 320 g/mol. The summed E-state index contributed by atoms with van der Waals surface area (Å²) in [7, 11) is 1.80. The Morgan fingerprint density at radius 2 is 2.08 bits per heavy atom. The molecule has 2 rings (SSSR count). The molecule has 1 aromatic carbocycles. The number of ether oxygens (including phenoxy) is 1. The van der Waals surface area contributed by atoms with Crippen molar-refractivity contribution >= 4 is 5.91 Å². The van der Waals surface area contributed by atoms with Gasteiger partial charge in [-0.2, -0.15) is 13.9 Å². The molecule has 2 N–H and O–H groups in total. The van der Waals surface area contributed by atoms with Gasteiger partial charge in [-0.3, -0.25) is 9.48 Å². The van der Waals surface area contributed by atoms with E-state index < -0.39 is 12.7 Å². The van der Waals surface area contributed by atoms with E-state index in [1.807, 2.05) is 6.20 Å². The Morgan fingerprint density at radius 3 is 2.67 bits per heavy atom. The lowest BCUT2D eigenvalue weighted by Crippen LogP contribution is -2.28. The van der Waals surface area contributed by atoms with Crippen LogP contribution in [0.2, 0.25) is 0 Å². The summed E-state index contributed by atoms with van der Waals surface area (Å²) in [6, 6.07) is 5.64. The van der Waals surface area contributed by atoms with E-state index in [4.69, 9.17) is 0 Å². The molecule has 0 bridgehead atoms. The van der Waals surface area contributed by atoms with E-state index in [0.29, 0.717) is 18.4 Å². The quantitative estimate of drug-likeness (QED) is 0.769. The largest absolute Gasteiger partial charge is 0.435 e. The second-order valence-corrected chi connectivity index (χ2v) is 5.29. The topological polar surface area (TPSA) is 76.4 Å². The lowest BCUT2D eigenvalue weighted by Gasteiger charge is -2.13. The van der Waals surface area contributed by atoms with Gasteiger partial charge in [0.25, 0.3) is 0 Å². The molecule has 24 heavy (non-hydrogen) atoms. The van der Waals surface area contributed by atoms with Crippen molar-refractivity contribution in [3.8, 4) is 5.75 Å². The summed E-state index contributed by atoms with van der Waals surface area (Å²) >= 11 is 0. The highest BCUT2D eigenvalue weighted by atomic mass is 19.3. The van der Waals surface area contributed by atoms with Gasteiger partial charge in [-0.25, -0.2) is 0 Å². The molecule has 0 aliphatic rings. The Kier molecular flexibility index (Phi) is 6.25. The lowest BCUT2D eigenvalue weighted by atomic mass is 10.1. The van der Waals surface area contributed by atoms with Gasteiger partial charge in [-0.05, 0) is 29.7 Å². The highest BCUT2D eigenvalue weighted by molar-refractivity contribution is 5.76. The minimum Gasteiger partial charge on any atom is -0.435 e. The molecular formula is C16H19F2N3O3. The number of aliphatic hydroxyl groups excluding tert-OH is 1. The summed E-state index contributed by atoms with van der Waals surface area (Å²) in [4.78, 5) is 11.8. The molecule has 2 aromatic rings. The van der Waals surface area contributed by atoms with Crippen molar-refractivity contribution < 1.29 is 23.4 Å². The van der Waals surface area contributed by atoms with Gasteiger partial charge in [-0.15, -0.1) is 0 Å². The number of aryl methyl sites for hydroxylation is 2. The number of hydrogen-bond donors (Lipinski definition) is 2. The van der Waals surface area contributed by atoms with Gasteiger partial charge in [0.15, 0.2) is 0 Å². The van der Waals surface area contributed by atoms with E-state index in [-0.39, 0.29) is 18.2 Å². The van der Waals surface area contributed by atoms with Gasteiger partial charge in [0.05, 0.1) is 12.3 Å². The number of aliphatic hydroxyl groups is 1. The molecule has 1 atom stereocenters. The standard InChI is InChI=1S/C16H19F2N3O3/c1-21-10-11(8-20-21)2-7-15(23)19-9-14(22)12-3-5-13(6-4-12)24-16(17)18/h3-6,8,10,14,16,22H,2,7,9H2,1H3,(H,19,23)/t14-/m1/s1. The maximum absolute atomic E-state index is 12.1. The van der Waals surface area contributed by atoms with Crippen LogP contribution in [0.3, 0.4) is 0 Å². The normalized spacial score (nSPS) is 12.2. The summed E-state index contributed by atoms with van der Waals surface area (Å²) in [5.74, 6) is -0.169. The lowest BCUT2D eigenvalue weighted by molar-refractivity contribution is -0.121. The van der Waals surface area contributed by atoms with Crippen molar-refractivity contribution in [1.29, 1.82) is 0 Å². The minimum atomic E-state index is -2.89. The first-order valence-corrected chi connectivity index (χ1v) is 7.41. The van der Waals surface area contributed by atoms with Crippen molar-refractivity contribution in [2.45, 2.75) is 25.6 Å². The summed E-state index contributed by atoms with van der Waals surface area (Å²) in [6.45, 7) is -2.85. The number of benzene rings is 1. The summed E-state index contributed by atoms with van der Waals surface area (Å²) in [5.41, 5.74) is 1.46. The Bertz CT molecular complexity index is 659. The SMILES string of the molecule is Cn1cc(CCC(=O)NC[C@@H](O)c2ccc(OC(F)F)cc2)cn1. The van der Waals surface area contributed by atoms with E-state index in [9.17, 15) is 18.7 Å². The minimum absolute atomic E-state index is 0.0152. The fraction of sp³-hybridized carbons (Fsp3) is 0.375. The molecule has 1 amide bonds. The first-order valence-electron chi connectivity index (χ1n) is 7.41. The van der Waals surface area contributed by atoms with Crippen LogP contribution in [0.25, 0.3) is 0 Å². The molecule has 0 fully saturated rings. The zero-order chi connectivity index (χ0) is 17.5. The zero-order valence-electron chi connectivity index (χ0n) is 13.2. The predicted molar refractivity (Wildman–Crippen MR) is 82.6 cm³/mol. The van der Waals surface area contributed by atoms with Crippen LogP contribution >= 0.6 is 0 Å². The second-order valence-electron chi connectivity index (χ2n) is 5.29. The number of hydrogen-bond acceptors (Lipinski definition) is 4. The van der Waals surface area contributed by atoms with E-state index in [1.165, 1.54) is 24.3 Å². The average Bonchev–Trinajstić information content (AvgIpc) is 2.96. The van der Waals surface area contributed by atoms with Crippen LogP contribution in [-0.2, 0) is 18.3 Å². The fourth-order valence-electron chi connectivity index (χ4n) is 2.15. The van der Waals surface area contributed by atoms with Gasteiger partial charge < -0.3 is 15.2 Å². The summed E-state index contributed by atoms with van der Waals surface area (Å²) in [6.07, 6.45) is 3.47. The third-order valence-corrected chi connectivity index (χ3v) is 3.38. The molecule has 0 saturated carbocycles. The van der Waals surface area contributed by atoms with Gasteiger partial charge in [0, 0.05) is 26.2 Å². The zero-order valence-corrected chi connectivity index (χ0v) is 13.2. The number of nitrogens with one attached hydrogen (secondary N) is 1. The van der Waals surface area contributed by atoms with Gasteiger partial charge in [-0.1, -0.05) is 12.1 Å². The van der Waals surface area contributed by atoms with Crippen LogP contribution in [0, 0.1) is 0 Å². The Labute approximate surface area is 138 Å². The third-order valence-electron chi connectivity index (χ3n) is 3.38. The van der Waals surface area contributed by atoms with Crippen LogP contribution in [0.1, 0.15) is 23.7 Å². The molecule has 1 aromatic heterocycles. The fourth-order valence-corrected chi connectivity index (χ4v) is 2.15. The summed E-state index contributed by atoms with van der Waals surface area (Å²) in [5, 5.41) is 16.7. The maximum Gasteiger partial charge on any atom is 0.387 e.